The van der Waals surface area contributed by atoms with Gasteiger partial charge in [0.05, 0.1) is 0 Å². The predicted octanol–water partition coefficient (Wildman–Crippen LogP) is 4.32. The zero-order valence-electron chi connectivity index (χ0n) is 9.49. The molecule has 0 aliphatic carbocycles. The first kappa shape index (κ1) is 11.1. The molecule has 2 rings (SSSR count). The first-order valence-corrected chi connectivity index (χ1v) is 6.28. The van der Waals surface area contributed by atoms with Crippen LogP contribution in [0.5, 0.6) is 0 Å². The van der Waals surface area contributed by atoms with Crippen LogP contribution in [0.15, 0.2) is 35.7 Å². The van der Waals surface area contributed by atoms with E-state index in [1.165, 1.54) is 16.0 Å². The maximum atomic E-state index is 11.5. The first-order chi connectivity index (χ1) is 7.72. The summed E-state index contributed by atoms with van der Waals surface area (Å²) in [5.41, 5.74) is 3.26. The molecule has 0 N–H and O–H groups in total. The lowest BCUT2D eigenvalue weighted by molar-refractivity contribution is 0.0988. The van der Waals surface area contributed by atoms with Crippen molar-refractivity contribution in [3.8, 4) is 11.1 Å². The van der Waals surface area contributed by atoms with Crippen molar-refractivity contribution >= 4 is 17.1 Å². The Morgan fingerprint density at radius 2 is 1.88 bits per heavy atom. The van der Waals surface area contributed by atoms with Gasteiger partial charge < -0.3 is 0 Å². The van der Waals surface area contributed by atoms with Crippen molar-refractivity contribution < 1.29 is 4.79 Å². The van der Waals surface area contributed by atoms with Crippen LogP contribution in [0.25, 0.3) is 11.1 Å². The molecule has 0 bridgehead atoms. The number of benzene rings is 1. The second-order valence-corrected chi connectivity index (χ2v) is 4.86. The van der Waals surface area contributed by atoms with E-state index in [0.29, 0.717) is 6.42 Å². The van der Waals surface area contributed by atoms with Crippen LogP contribution < -0.4 is 0 Å². The second kappa shape index (κ2) is 4.62. The molecule has 0 fully saturated rings. The van der Waals surface area contributed by atoms with Gasteiger partial charge in [0.25, 0.3) is 0 Å². The van der Waals surface area contributed by atoms with Crippen molar-refractivity contribution in [2.45, 2.75) is 20.3 Å². The van der Waals surface area contributed by atoms with Crippen LogP contribution >= 0.6 is 11.3 Å². The summed E-state index contributed by atoms with van der Waals surface area (Å²) in [4.78, 5) is 12.8. The first-order valence-electron chi connectivity index (χ1n) is 5.40. The number of aryl methyl sites for hydroxylation is 1. The number of carbonyl (C=O) groups excluding carboxylic acids is 1. The van der Waals surface area contributed by atoms with Crippen LogP contribution in [0.3, 0.4) is 0 Å². The molecule has 0 saturated heterocycles. The van der Waals surface area contributed by atoms with Crippen LogP contribution in [0.1, 0.15) is 28.6 Å². The fraction of sp³-hybridized carbons (Fsp3) is 0.214. The number of carbonyl (C=O) groups is 1. The fourth-order valence-electron chi connectivity index (χ4n) is 1.72. The van der Waals surface area contributed by atoms with Crippen molar-refractivity contribution in [1.29, 1.82) is 0 Å². The average molecular weight is 230 g/mol. The van der Waals surface area contributed by atoms with Crippen LogP contribution in [0, 0.1) is 6.92 Å². The Bertz CT molecular complexity index is 494. The van der Waals surface area contributed by atoms with Crippen LogP contribution in [0.4, 0.5) is 0 Å². The highest BCUT2D eigenvalue weighted by Crippen LogP contribution is 2.27. The summed E-state index contributed by atoms with van der Waals surface area (Å²) in [5.74, 6) is 0.202. The number of Topliss-reactive ketones (excluding diaryl/α,β-unsaturated/α-hetero) is 1. The van der Waals surface area contributed by atoms with Gasteiger partial charge in [0, 0.05) is 16.9 Å². The van der Waals surface area contributed by atoms with E-state index >= 15 is 0 Å². The number of hydrogen-bond acceptors (Lipinski definition) is 2. The Balaban J connectivity index is 2.33. The summed E-state index contributed by atoms with van der Waals surface area (Å²) >= 11 is 1.75. The standard InChI is InChI=1S/C14H14OS/c1-3-14(15)12-6-4-11(5-7-12)13-8-9-16-10(13)2/h4-9H,3H2,1-2H3. The summed E-state index contributed by atoms with van der Waals surface area (Å²) in [6, 6.07) is 10.0. The molecule has 1 aromatic carbocycles. The maximum Gasteiger partial charge on any atom is 0.162 e. The van der Waals surface area contributed by atoms with Gasteiger partial charge in [-0.3, -0.25) is 4.79 Å². The topological polar surface area (TPSA) is 17.1 Å². The summed E-state index contributed by atoms with van der Waals surface area (Å²) in [6.07, 6.45) is 0.566. The van der Waals surface area contributed by atoms with E-state index in [1.807, 2.05) is 31.2 Å². The molecule has 16 heavy (non-hydrogen) atoms. The van der Waals surface area contributed by atoms with Gasteiger partial charge in [-0.05, 0) is 29.5 Å². The molecular formula is C14H14OS. The number of hydrogen-bond donors (Lipinski definition) is 0. The Hall–Kier alpha value is -1.41. The molecule has 2 aromatic rings. The van der Waals surface area contributed by atoms with Crippen LogP contribution in [-0.4, -0.2) is 5.78 Å². The lowest BCUT2D eigenvalue weighted by atomic mass is 10.0. The Kier molecular flexibility index (Phi) is 3.20. The van der Waals surface area contributed by atoms with E-state index in [-0.39, 0.29) is 5.78 Å². The second-order valence-electron chi connectivity index (χ2n) is 3.74. The number of rotatable bonds is 3. The highest BCUT2D eigenvalue weighted by Gasteiger charge is 2.05. The van der Waals surface area contributed by atoms with Gasteiger partial charge in [0.15, 0.2) is 5.78 Å². The molecule has 0 aliphatic heterocycles. The molecule has 0 spiro atoms. The Labute approximate surface area is 99.8 Å². The third-order valence-corrected chi connectivity index (χ3v) is 3.54. The molecule has 82 valence electrons. The molecule has 0 radical (unpaired) electrons. The summed E-state index contributed by atoms with van der Waals surface area (Å²) < 4.78 is 0. The zero-order valence-corrected chi connectivity index (χ0v) is 10.3. The van der Waals surface area contributed by atoms with Gasteiger partial charge in [-0.2, -0.15) is 0 Å². The van der Waals surface area contributed by atoms with Gasteiger partial charge in [0.2, 0.25) is 0 Å². The molecule has 2 heteroatoms. The molecule has 0 unspecified atom stereocenters. The molecule has 0 atom stereocenters. The van der Waals surface area contributed by atoms with E-state index in [1.54, 1.807) is 11.3 Å². The molecule has 0 saturated carbocycles. The molecule has 1 heterocycles. The largest absolute Gasteiger partial charge is 0.294 e. The van der Waals surface area contributed by atoms with Crippen LogP contribution in [-0.2, 0) is 0 Å². The highest BCUT2D eigenvalue weighted by molar-refractivity contribution is 7.10. The van der Waals surface area contributed by atoms with E-state index in [2.05, 4.69) is 18.4 Å². The predicted molar refractivity (Wildman–Crippen MR) is 69.1 cm³/mol. The van der Waals surface area contributed by atoms with Gasteiger partial charge in [0.1, 0.15) is 0 Å². The van der Waals surface area contributed by atoms with E-state index in [9.17, 15) is 4.79 Å². The van der Waals surface area contributed by atoms with Gasteiger partial charge in [-0.15, -0.1) is 11.3 Å². The smallest absolute Gasteiger partial charge is 0.162 e. The Morgan fingerprint density at radius 3 is 2.38 bits per heavy atom. The van der Waals surface area contributed by atoms with Crippen molar-refractivity contribution in [3.05, 3.63) is 46.2 Å². The van der Waals surface area contributed by atoms with Crippen molar-refractivity contribution in [2.75, 3.05) is 0 Å². The van der Waals surface area contributed by atoms with Gasteiger partial charge in [-0.1, -0.05) is 31.2 Å². The zero-order chi connectivity index (χ0) is 11.5. The number of ketones is 1. The number of thiophene rings is 1. The van der Waals surface area contributed by atoms with Gasteiger partial charge >= 0.3 is 0 Å². The van der Waals surface area contributed by atoms with E-state index in [0.717, 1.165) is 5.56 Å². The fourth-order valence-corrected chi connectivity index (χ4v) is 2.45. The monoisotopic (exact) mass is 230 g/mol. The van der Waals surface area contributed by atoms with Crippen molar-refractivity contribution in [2.24, 2.45) is 0 Å². The van der Waals surface area contributed by atoms with Crippen molar-refractivity contribution in [3.63, 3.8) is 0 Å². The quantitative estimate of drug-likeness (QED) is 0.718. The summed E-state index contributed by atoms with van der Waals surface area (Å²) in [5, 5.41) is 2.09. The SMILES string of the molecule is CCC(=O)c1ccc(-c2ccsc2C)cc1. The van der Waals surface area contributed by atoms with E-state index in [4.69, 9.17) is 0 Å². The minimum absolute atomic E-state index is 0.202. The summed E-state index contributed by atoms with van der Waals surface area (Å²) in [6.45, 7) is 4.00. The molecule has 0 amide bonds. The minimum atomic E-state index is 0.202. The molecule has 0 aliphatic rings. The lowest BCUT2D eigenvalue weighted by Crippen LogP contribution is -1.95. The lowest BCUT2D eigenvalue weighted by Gasteiger charge is -2.02. The maximum absolute atomic E-state index is 11.5. The van der Waals surface area contributed by atoms with Crippen molar-refractivity contribution in [1.82, 2.24) is 0 Å². The van der Waals surface area contributed by atoms with Crippen LogP contribution in [0.2, 0.25) is 0 Å². The normalized spacial score (nSPS) is 10.4. The minimum Gasteiger partial charge on any atom is -0.294 e. The molecule has 1 nitrogen and oxygen atoms in total. The molecule has 1 aromatic heterocycles. The third kappa shape index (κ3) is 2.07. The summed E-state index contributed by atoms with van der Waals surface area (Å²) in [7, 11) is 0. The van der Waals surface area contributed by atoms with E-state index < -0.39 is 0 Å². The molecular weight excluding hydrogens is 216 g/mol. The Morgan fingerprint density at radius 1 is 1.19 bits per heavy atom. The third-order valence-electron chi connectivity index (χ3n) is 2.70. The average Bonchev–Trinajstić information content (AvgIpc) is 2.75. The highest BCUT2D eigenvalue weighted by atomic mass is 32.1. The van der Waals surface area contributed by atoms with Gasteiger partial charge in [-0.25, -0.2) is 0 Å².